The van der Waals surface area contributed by atoms with Crippen LogP contribution in [0.4, 0.5) is 5.82 Å². The summed E-state index contributed by atoms with van der Waals surface area (Å²) in [6, 6.07) is 3.78. The number of rotatable bonds is 1. The molecule has 3 N–H and O–H groups in total. The van der Waals surface area contributed by atoms with Gasteiger partial charge in [-0.3, -0.25) is 0 Å². The number of nitrogens with one attached hydrogen (secondary N) is 1. The van der Waals surface area contributed by atoms with E-state index < -0.39 is 0 Å². The second kappa shape index (κ2) is 3.63. The molecule has 0 fully saturated rings. The molecule has 0 aliphatic heterocycles. The third-order valence-electron chi connectivity index (χ3n) is 3.01. The maximum absolute atomic E-state index is 5.67. The fourth-order valence-corrected chi connectivity index (χ4v) is 2.19. The third-order valence-corrected chi connectivity index (χ3v) is 3.01. The van der Waals surface area contributed by atoms with Gasteiger partial charge in [-0.2, -0.15) is 0 Å². The summed E-state index contributed by atoms with van der Waals surface area (Å²) in [6.07, 6.45) is 6.42. The predicted molar refractivity (Wildman–Crippen MR) is 62.9 cm³/mol. The Labute approximate surface area is 93.9 Å². The number of anilines is 1. The van der Waals surface area contributed by atoms with Crippen LogP contribution >= 0.6 is 0 Å². The summed E-state index contributed by atoms with van der Waals surface area (Å²) >= 11 is 0. The monoisotopic (exact) mass is 214 g/mol. The summed E-state index contributed by atoms with van der Waals surface area (Å²) in [5, 5.41) is 0. The van der Waals surface area contributed by atoms with E-state index in [1.165, 1.54) is 24.2 Å². The number of hydrogen-bond acceptors (Lipinski definition) is 3. The molecule has 82 valence electrons. The molecule has 4 heteroatoms. The lowest BCUT2D eigenvalue weighted by atomic mass is 10.0. The number of pyridine rings is 1. The summed E-state index contributed by atoms with van der Waals surface area (Å²) in [4.78, 5) is 12.0. The van der Waals surface area contributed by atoms with Crippen LogP contribution in [0.1, 0.15) is 24.2 Å². The molecule has 16 heavy (non-hydrogen) atoms. The van der Waals surface area contributed by atoms with Gasteiger partial charge in [-0.1, -0.05) is 0 Å². The highest BCUT2D eigenvalue weighted by Gasteiger charge is 2.15. The molecule has 0 unspecified atom stereocenters. The third kappa shape index (κ3) is 1.56. The fraction of sp³-hybridized carbons (Fsp3) is 0.333. The smallest absolute Gasteiger partial charge is 0.138 e. The minimum atomic E-state index is 0.534. The number of H-pyrrole nitrogens is 1. The summed E-state index contributed by atoms with van der Waals surface area (Å²) in [7, 11) is 0. The standard InChI is InChI=1S/C12H14N4/c13-11-7-8(5-6-14-11)12-15-9-3-1-2-4-10(9)16-12/h5-7H,1-4H2,(H2,13,14)(H,15,16). The Morgan fingerprint density at radius 1 is 1.25 bits per heavy atom. The number of aryl methyl sites for hydroxylation is 2. The van der Waals surface area contributed by atoms with Gasteiger partial charge in [0.2, 0.25) is 0 Å². The predicted octanol–water partition coefficient (Wildman–Crippen LogP) is 1.93. The molecule has 0 aromatic carbocycles. The Kier molecular flexibility index (Phi) is 2.13. The zero-order valence-corrected chi connectivity index (χ0v) is 9.03. The van der Waals surface area contributed by atoms with Crippen LogP contribution in [0.25, 0.3) is 11.4 Å². The highest BCUT2D eigenvalue weighted by Crippen LogP contribution is 2.24. The molecule has 1 aliphatic carbocycles. The van der Waals surface area contributed by atoms with Crippen LogP contribution < -0.4 is 5.73 Å². The van der Waals surface area contributed by atoms with Gasteiger partial charge in [-0.05, 0) is 37.8 Å². The molecule has 3 rings (SSSR count). The minimum absolute atomic E-state index is 0.534. The number of nitrogens with zero attached hydrogens (tertiary/aromatic N) is 2. The normalized spacial score (nSPS) is 14.8. The number of hydrogen-bond donors (Lipinski definition) is 2. The van der Waals surface area contributed by atoms with E-state index in [1.54, 1.807) is 6.20 Å². The topological polar surface area (TPSA) is 67.6 Å². The van der Waals surface area contributed by atoms with Gasteiger partial charge in [0.05, 0.1) is 5.69 Å². The molecule has 0 atom stereocenters. The van der Waals surface area contributed by atoms with Crippen LogP contribution in [0.3, 0.4) is 0 Å². The molecule has 0 bridgehead atoms. The van der Waals surface area contributed by atoms with E-state index in [0.717, 1.165) is 24.2 Å². The zero-order chi connectivity index (χ0) is 11.0. The van der Waals surface area contributed by atoms with Gasteiger partial charge in [0.1, 0.15) is 11.6 Å². The summed E-state index contributed by atoms with van der Waals surface area (Å²) < 4.78 is 0. The van der Waals surface area contributed by atoms with Crippen molar-refractivity contribution in [1.29, 1.82) is 0 Å². The van der Waals surface area contributed by atoms with E-state index in [-0.39, 0.29) is 0 Å². The second-order valence-corrected chi connectivity index (χ2v) is 4.19. The lowest BCUT2D eigenvalue weighted by Crippen LogP contribution is -2.00. The van der Waals surface area contributed by atoms with Crippen LogP contribution in [-0.4, -0.2) is 15.0 Å². The van der Waals surface area contributed by atoms with Crippen molar-refractivity contribution in [2.75, 3.05) is 5.73 Å². The van der Waals surface area contributed by atoms with Gasteiger partial charge >= 0.3 is 0 Å². The van der Waals surface area contributed by atoms with E-state index in [0.29, 0.717) is 5.82 Å². The number of aromatic nitrogens is 3. The Balaban J connectivity index is 2.03. The fourth-order valence-electron chi connectivity index (χ4n) is 2.19. The molecule has 1 aliphatic rings. The second-order valence-electron chi connectivity index (χ2n) is 4.19. The van der Waals surface area contributed by atoms with Crippen molar-refractivity contribution in [1.82, 2.24) is 15.0 Å². The maximum Gasteiger partial charge on any atom is 0.138 e. The molecule has 0 radical (unpaired) electrons. The van der Waals surface area contributed by atoms with Crippen molar-refractivity contribution in [3.05, 3.63) is 29.7 Å². The molecule has 0 saturated carbocycles. The van der Waals surface area contributed by atoms with Crippen molar-refractivity contribution in [2.45, 2.75) is 25.7 Å². The first-order valence-electron chi connectivity index (χ1n) is 5.62. The maximum atomic E-state index is 5.67. The molecule has 4 nitrogen and oxygen atoms in total. The first kappa shape index (κ1) is 9.39. The SMILES string of the molecule is Nc1cc(-c2nc3c([nH]2)CCCC3)ccn1. The summed E-state index contributed by atoms with van der Waals surface area (Å²) in [5.74, 6) is 1.45. The van der Waals surface area contributed by atoms with Crippen LogP contribution in [0.15, 0.2) is 18.3 Å². The number of fused-ring (bicyclic) bond motifs is 1. The average molecular weight is 214 g/mol. The van der Waals surface area contributed by atoms with Crippen molar-refractivity contribution >= 4 is 5.82 Å². The van der Waals surface area contributed by atoms with E-state index in [2.05, 4.69) is 15.0 Å². The van der Waals surface area contributed by atoms with E-state index in [4.69, 9.17) is 5.73 Å². The lowest BCUT2D eigenvalue weighted by Gasteiger charge is -2.07. The molecule has 0 spiro atoms. The zero-order valence-electron chi connectivity index (χ0n) is 9.03. The van der Waals surface area contributed by atoms with Gasteiger partial charge in [-0.15, -0.1) is 0 Å². The average Bonchev–Trinajstić information content (AvgIpc) is 2.72. The van der Waals surface area contributed by atoms with Gasteiger partial charge in [0.15, 0.2) is 0 Å². The Morgan fingerprint density at radius 2 is 2.12 bits per heavy atom. The van der Waals surface area contributed by atoms with E-state index >= 15 is 0 Å². The Hall–Kier alpha value is -1.84. The van der Waals surface area contributed by atoms with Gasteiger partial charge in [0, 0.05) is 17.5 Å². The minimum Gasteiger partial charge on any atom is -0.384 e. The summed E-state index contributed by atoms with van der Waals surface area (Å²) in [6.45, 7) is 0. The van der Waals surface area contributed by atoms with E-state index in [9.17, 15) is 0 Å². The Morgan fingerprint density at radius 3 is 2.94 bits per heavy atom. The van der Waals surface area contributed by atoms with Gasteiger partial charge < -0.3 is 10.7 Å². The number of imidazole rings is 1. The first-order chi connectivity index (χ1) is 7.83. The molecular formula is C12H14N4. The number of aromatic amines is 1. The summed E-state index contributed by atoms with van der Waals surface area (Å²) in [5.41, 5.74) is 9.19. The van der Waals surface area contributed by atoms with Crippen molar-refractivity contribution in [2.24, 2.45) is 0 Å². The first-order valence-corrected chi connectivity index (χ1v) is 5.62. The van der Waals surface area contributed by atoms with Crippen LogP contribution in [0.5, 0.6) is 0 Å². The molecule has 0 amide bonds. The number of nitrogen functional groups attached to an aromatic ring is 1. The van der Waals surface area contributed by atoms with Crippen molar-refractivity contribution in [3.63, 3.8) is 0 Å². The van der Waals surface area contributed by atoms with Crippen LogP contribution in [-0.2, 0) is 12.8 Å². The Bertz CT molecular complexity index is 492. The molecular weight excluding hydrogens is 200 g/mol. The van der Waals surface area contributed by atoms with Crippen molar-refractivity contribution < 1.29 is 0 Å². The highest BCUT2D eigenvalue weighted by molar-refractivity contribution is 5.59. The molecule has 2 aromatic heterocycles. The van der Waals surface area contributed by atoms with Crippen molar-refractivity contribution in [3.8, 4) is 11.4 Å². The number of nitrogens with two attached hydrogens (primary N) is 1. The lowest BCUT2D eigenvalue weighted by molar-refractivity contribution is 0.667. The molecule has 2 heterocycles. The van der Waals surface area contributed by atoms with Crippen LogP contribution in [0.2, 0.25) is 0 Å². The van der Waals surface area contributed by atoms with Crippen LogP contribution in [0, 0.1) is 0 Å². The van der Waals surface area contributed by atoms with Gasteiger partial charge in [0.25, 0.3) is 0 Å². The van der Waals surface area contributed by atoms with E-state index in [1.807, 2.05) is 12.1 Å². The quantitative estimate of drug-likeness (QED) is 0.762. The molecule has 2 aromatic rings. The highest BCUT2D eigenvalue weighted by atomic mass is 14.9. The van der Waals surface area contributed by atoms with Gasteiger partial charge in [-0.25, -0.2) is 9.97 Å². The molecule has 0 saturated heterocycles. The largest absolute Gasteiger partial charge is 0.384 e.